The molecule has 0 spiro atoms. The minimum absolute atomic E-state index is 0.117. The minimum Gasteiger partial charge on any atom is -0.434 e. The van der Waals surface area contributed by atoms with Gasteiger partial charge in [0.15, 0.2) is 0 Å². The van der Waals surface area contributed by atoms with Crippen LogP contribution in [-0.4, -0.2) is 26.1 Å². The zero-order chi connectivity index (χ0) is 22.9. The van der Waals surface area contributed by atoms with Crippen molar-refractivity contribution in [1.82, 2.24) is 19.5 Å². The number of hydrogen-bond donors (Lipinski definition) is 1. The molecular formula is C25H19F2N5O. The van der Waals surface area contributed by atoms with Crippen molar-refractivity contribution in [2.24, 2.45) is 0 Å². The molecule has 0 aliphatic heterocycles. The molecule has 3 aromatic carbocycles. The van der Waals surface area contributed by atoms with Crippen LogP contribution in [0.4, 0.5) is 8.78 Å². The van der Waals surface area contributed by atoms with E-state index in [-0.39, 0.29) is 12.3 Å². The summed E-state index contributed by atoms with van der Waals surface area (Å²) < 4.78 is 32.6. The predicted octanol–water partition coefficient (Wildman–Crippen LogP) is 5.33. The number of imidazole rings is 2. The molecule has 33 heavy (non-hydrogen) atoms. The molecule has 6 nitrogen and oxygen atoms in total. The van der Waals surface area contributed by atoms with E-state index in [9.17, 15) is 14.0 Å². The van der Waals surface area contributed by atoms with Crippen molar-refractivity contribution in [1.29, 1.82) is 5.26 Å². The van der Waals surface area contributed by atoms with Crippen molar-refractivity contribution in [2.45, 2.75) is 26.5 Å². The average molecular weight is 443 g/mol. The van der Waals surface area contributed by atoms with Gasteiger partial charge in [-0.2, -0.15) is 14.0 Å². The SMILES string of the molecule is Cc1nc2ccc(Cc3nc4ccc(C#N)cc4n3Cc3ccccc3OC(F)F)cc2[nH]1. The van der Waals surface area contributed by atoms with Gasteiger partial charge >= 0.3 is 6.61 Å². The van der Waals surface area contributed by atoms with Gasteiger partial charge in [0.1, 0.15) is 17.4 Å². The van der Waals surface area contributed by atoms with E-state index in [1.165, 1.54) is 6.07 Å². The summed E-state index contributed by atoms with van der Waals surface area (Å²) >= 11 is 0. The van der Waals surface area contributed by atoms with E-state index in [4.69, 9.17) is 9.72 Å². The number of aromatic amines is 1. The van der Waals surface area contributed by atoms with Gasteiger partial charge in [0.25, 0.3) is 0 Å². The van der Waals surface area contributed by atoms with Crippen LogP contribution in [0, 0.1) is 18.3 Å². The highest BCUT2D eigenvalue weighted by Crippen LogP contribution is 2.26. The molecule has 0 atom stereocenters. The Morgan fingerprint density at radius 3 is 2.70 bits per heavy atom. The highest BCUT2D eigenvalue weighted by atomic mass is 19.3. The van der Waals surface area contributed by atoms with E-state index in [0.717, 1.165) is 39.3 Å². The number of hydrogen-bond acceptors (Lipinski definition) is 4. The zero-order valence-corrected chi connectivity index (χ0v) is 17.7. The number of nitriles is 1. The fourth-order valence-corrected chi connectivity index (χ4v) is 4.05. The van der Waals surface area contributed by atoms with Crippen molar-refractivity contribution in [3.63, 3.8) is 0 Å². The zero-order valence-electron chi connectivity index (χ0n) is 17.7. The first kappa shape index (κ1) is 20.6. The lowest BCUT2D eigenvalue weighted by molar-refractivity contribution is -0.0504. The number of nitrogens with zero attached hydrogens (tertiary/aromatic N) is 4. The highest BCUT2D eigenvalue weighted by Gasteiger charge is 2.16. The number of nitrogens with one attached hydrogen (secondary N) is 1. The number of para-hydroxylation sites is 1. The van der Waals surface area contributed by atoms with E-state index in [1.807, 2.05) is 29.7 Å². The molecule has 0 bridgehead atoms. The Morgan fingerprint density at radius 2 is 1.88 bits per heavy atom. The summed E-state index contributed by atoms with van der Waals surface area (Å²) in [7, 11) is 0. The third kappa shape index (κ3) is 4.13. The number of alkyl halides is 2. The van der Waals surface area contributed by atoms with Crippen LogP contribution in [0.25, 0.3) is 22.1 Å². The molecule has 0 aliphatic rings. The van der Waals surface area contributed by atoms with Gasteiger partial charge in [-0.1, -0.05) is 24.3 Å². The predicted molar refractivity (Wildman–Crippen MR) is 120 cm³/mol. The number of aryl methyl sites for hydroxylation is 1. The van der Waals surface area contributed by atoms with Crippen molar-refractivity contribution in [3.05, 3.63) is 89.0 Å². The Labute approximate surface area is 188 Å². The average Bonchev–Trinajstić information content (AvgIpc) is 3.33. The third-order valence-corrected chi connectivity index (χ3v) is 5.50. The van der Waals surface area contributed by atoms with E-state index in [0.29, 0.717) is 17.5 Å². The lowest BCUT2D eigenvalue weighted by Crippen LogP contribution is -2.09. The molecule has 0 saturated carbocycles. The molecule has 0 unspecified atom stereocenters. The summed E-state index contributed by atoms with van der Waals surface area (Å²) in [4.78, 5) is 12.5. The van der Waals surface area contributed by atoms with Crippen LogP contribution >= 0.6 is 0 Å². The molecule has 0 aliphatic carbocycles. The molecule has 5 aromatic rings. The molecule has 0 fully saturated rings. The summed E-state index contributed by atoms with van der Waals surface area (Å²) in [5.74, 6) is 1.71. The Bertz CT molecular complexity index is 1510. The largest absolute Gasteiger partial charge is 0.434 e. The molecule has 5 rings (SSSR count). The van der Waals surface area contributed by atoms with E-state index >= 15 is 0 Å². The summed E-state index contributed by atoms with van der Waals surface area (Å²) in [6.07, 6.45) is 0.516. The van der Waals surface area contributed by atoms with Crippen LogP contribution in [0.15, 0.2) is 60.7 Å². The van der Waals surface area contributed by atoms with Crippen LogP contribution in [0.2, 0.25) is 0 Å². The van der Waals surface area contributed by atoms with Gasteiger partial charge in [0.05, 0.1) is 40.2 Å². The molecule has 0 radical (unpaired) electrons. The van der Waals surface area contributed by atoms with Gasteiger partial charge in [-0.3, -0.25) is 0 Å². The molecule has 2 heterocycles. The maximum atomic E-state index is 12.9. The lowest BCUT2D eigenvalue weighted by atomic mass is 10.1. The fourth-order valence-electron chi connectivity index (χ4n) is 4.05. The summed E-state index contributed by atoms with van der Waals surface area (Å²) in [5, 5.41) is 9.37. The van der Waals surface area contributed by atoms with Crippen LogP contribution in [0.5, 0.6) is 5.75 Å². The summed E-state index contributed by atoms with van der Waals surface area (Å²) in [5.41, 5.74) is 5.45. The minimum atomic E-state index is -2.92. The number of rotatable bonds is 6. The van der Waals surface area contributed by atoms with Gasteiger partial charge in [0.2, 0.25) is 0 Å². The topological polar surface area (TPSA) is 79.5 Å². The Morgan fingerprint density at radius 1 is 1.06 bits per heavy atom. The molecule has 2 aromatic heterocycles. The second-order valence-electron chi connectivity index (χ2n) is 7.77. The molecule has 1 N–H and O–H groups in total. The first-order valence-corrected chi connectivity index (χ1v) is 10.4. The van der Waals surface area contributed by atoms with Gasteiger partial charge in [-0.15, -0.1) is 0 Å². The third-order valence-electron chi connectivity index (χ3n) is 5.50. The maximum absolute atomic E-state index is 12.9. The quantitative estimate of drug-likeness (QED) is 0.385. The Hall–Kier alpha value is -4.25. The first-order chi connectivity index (χ1) is 16.0. The summed E-state index contributed by atoms with van der Waals surface area (Å²) in [6.45, 7) is -0.736. The van der Waals surface area contributed by atoms with Gasteiger partial charge in [-0.25, -0.2) is 9.97 Å². The molecular weight excluding hydrogens is 424 g/mol. The van der Waals surface area contributed by atoms with Gasteiger partial charge < -0.3 is 14.3 Å². The number of halogens is 2. The van der Waals surface area contributed by atoms with Crippen molar-refractivity contribution >= 4 is 22.1 Å². The van der Waals surface area contributed by atoms with Crippen LogP contribution < -0.4 is 4.74 Å². The number of benzene rings is 3. The lowest BCUT2D eigenvalue weighted by Gasteiger charge is -2.14. The monoisotopic (exact) mass is 443 g/mol. The fraction of sp³-hybridized carbons (Fsp3) is 0.160. The number of fused-ring (bicyclic) bond motifs is 2. The Balaban J connectivity index is 1.60. The maximum Gasteiger partial charge on any atom is 0.387 e. The summed E-state index contributed by atoms with van der Waals surface area (Å²) in [6, 6.07) is 20.1. The van der Waals surface area contributed by atoms with E-state index in [2.05, 4.69) is 16.0 Å². The standard InChI is InChI=1S/C25H19F2N5O/c1-15-29-19-8-6-16(10-21(19)30-15)12-24-31-20-9-7-17(13-28)11-22(20)32(24)14-18-4-2-3-5-23(18)33-25(26)27/h2-11,25H,12,14H2,1H3,(H,29,30). The smallest absolute Gasteiger partial charge is 0.387 e. The van der Waals surface area contributed by atoms with Crippen molar-refractivity contribution < 1.29 is 13.5 Å². The van der Waals surface area contributed by atoms with Gasteiger partial charge in [0, 0.05) is 12.0 Å². The first-order valence-electron chi connectivity index (χ1n) is 10.4. The Kier molecular flexibility index (Phi) is 5.23. The van der Waals surface area contributed by atoms with Crippen molar-refractivity contribution in [2.75, 3.05) is 0 Å². The molecule has 0 saturated heterocycles. The molecule has 164 valence electrons. The normalized spacial score (nSPS) is 11.4. The number of ether oxygens (including phenoxy) is 1. The van der Waals surface area contributed by atoms with Crippen LogP contribution in [-0.2, 0) is 13.0 Å². The second kappa shape index (κ2) is 8.36. The second-order valence-corrected chi connectivity index (χ2v) is 7.77. The number of H-pyrrole nitrogens is 1. The van der Waals surface area contributed by atoms with E-state index < -0.39 is 6.61 Å². The van der Waals surface area contributed by atoms with Gasteiger partial charge in [-0.05, 0) is 48.9 Å². The molecule has 0 amide bonds. The number of aromatic nitrogens is 4. The van der Waals surface area contributed by atoms with Crippen molar-refractivity contribution in [3.8, 4) is 11.8 Å². The highest BCUT2D eigenvalue weighted by molar-refractivity contribution is 5.79. The molecule has 8 heteroatoms. The van der Waals surface area contributed by atoms with Crippen LogP contribution in [0.1, 0.15) is 28.3 Å². The van der Waals surface area contributed by atoms with E-state index in [1.54, 1.807) is 36.4 Å². The van der Waals surface area contributed by atoms with Crippen LogP contribution in [0.3, 0.4) is 0 Å².